The van der Waals surface area contributed by atoms with Crippen LogP contribution in [0.1, 0.15) is 69.9 Å². The molecular formula is C31H44N2O5S. The van der Waals surface area contributed by atoms with Gasteiger partial charge >= 0.3 is 0 Å². The molecule has 0 saturated carbocycles. The van der Waals surface area contributed by atoms with E-state index in [9.17, 15) is 9.32 Å². The predicted octanol–water partition coefficient (Wildman–Crippen LogP) is 5.58. The van der Waals surface area contributed by atoms with Crippen LogP contribution in [-0.4, -0.2) is 57.3 Å². The Balaban J connectivity index is 1.36. The van der Waals surface area contributed by atoms with E-state index in [1.807, 2.05) is 26.0 Å². The van der Waals surface area contributed by atoms with Crippen LogP contribution in [0.25, 0.3) is 0 Å². The molecule has 0 saturated heterocycles. The number of benzene rings is 1. The monoisotopic (exact) mass is 556 g/mol. The first kappa shape index (κ1) is 29.7. The highest BCUT2D eigenvalue weighted by molar-refractivity contribution is 7.83. The third-order valence-electron chi connectivity index (χ3n) is 7.85. The predicted molar refractivity (Wildman–Crippen MR) is 156 cm³/mol. The molecule has 5 atom stereocenters. The van der Waals surface area contributed by atoms with E-state index < -0.39 is 23.1 Å². The van der Waals surface area contributed by atoms with Gasteiger partial charge in [0.2, 0.25) is 6.79 Å². The van der Waals surface area contributed by atoms with Crippen molar-refractivity contribution in [1.29, 1.82) is 0 Å². The summed E-state index contributed by atoms with van der Waals surface area (Å²) >= 11 is 0. The number of ether oxygens (including phenoxy) is 2. The molecule has 0 bridgehead atoms. The van der Waals surface area contributed by atoms with Crippen molar-refractivity contribution in [3.63, 3.8) is 0 Å². The van der Waals surface area contributed by atoms with E-state index in [2.05, 4.69) is 48.1 Å². The smallest absolute Gasteiger partial charge is 0.230 e. The molecule has 39 heavy (non-hydrogen) atoms. The Morgan fingerprint density at radius 1 is 1.18 bits per heavy atom. The van der Waals surface area contributed by atoms with E-state index in [1.165, 1.54) is 35.7 Å². The van der Waals surface area contributed by atoms with Gasteiger partial charge in [-0.15, -0.1) is 4.47 Å². The number of hydrogen-bond acceptors (Lipinski definition) is 6. The third kappa shape index (κ3) is 8.37. The van der Waals surface area contributed by atoms with E-state index in [0.29, 0.717) is 30.3 Å². The van der Waals surface area contributed by atoms with Crippen LogP contribution in [0.3, 0.4) is 0 Å². The van der Waals surface area contributed by atoms with Gasteiger partial charge in [0, 0.05) is 6.42 Å². The van der Waals surface area contributed by atoms with Gasteiger partial charge in [0.05, 0.1) is 30.0 Å². The molecule has 1 aromatic rings. The van der Waals surface area contributed by atoms with Gasteiger partial charge in [0.25, 0.3) is 0 Å². The quantitative estimate of drug-likeness (QED) is 0.173. The van der Waals surface area contributed by atoms with Crippen molar-refractivity contribution in [3.05, 3.63) is 71.2 Å². The summed E-state index contributed by atoms with van der Waals surface area (Å²) in [5, 5.41) is 10.9. The summed E-state index contributed by atoms with van der Waals surface area (Å²) in [5.74, 6) is 2.10. The van der Waals surface area contributed by atoms with Gasteiger partial charge in [-0.3, -0.25) is 9.83 Å². The normalized spacial score (nSPS) is 22.9. The maximum atomic E-state index is 13.7. The number of aliphatic hydroxyl groups is 1. The standard InChI is InChI=1S/C31H44N2O5S/c1-4-26(5-2)38-33(39(35)27-17-18-30-31(20-27)37-22-36-30)21-29(34)28(32-3)19-25-15-13-24(14-16-25)12-11-23-9-7-6-8-10-23/h7,9,13-18,23,26-29,34H,3-6,8,10-12,19-22H2,1-2H3/t23-,27?,28-,29+,39-/m0/s1. The Hall–Kier alpha value is -2.26. The van der Waals surface area contributed by atoms with Crippen molar-refractivity contribution in [2.45, 2.75) is 95.1 Å². The largest absolute Gasteiger partial charge is 0.458 e. The lowest BCUT2D eigenvalue weighted by Gasteiger charge is -2.31. The number of aryl methyl sites for hydroxylation is 1. The molecule has 0 aromatic heterocycles. The molecule has 0 fully saturated rings. The van der Waals surface area contributed by atoms with Crippen LogP contribution < -0.4 is 0 Å². The lowest BCUT2D eigenvalue weighted by Crippen LogP contribution is -2.44. The summed E-state index contributed by atoms with van der Waals surface area (Å²) in [5.41, 5.74) is 2.42. The lowest BCUT2D eigenvalue weighted by atomic mass is 9.90. The fourth-order valence-corrected chi connectivity index (χ4v) is 6.58. The molecule has 8 heteroatoms. The second-order valence-electron chi connectivity index (χ2n) is 10.6. The molecule has 1 aromatic carbocycles. The first-order valence-electron chi connectivity index (χ1n) is 14.4. The van der Waals surface area contributed by atoms with Crippen LogP contribution in [0.15, 0.2) is 65.1 Å². The van der Waals surface area contributed by atoms with E-state index in [0.717, 1.165) is 24.8 Å². The summed E-state index contributed by atoms with van der Waals surface area (Å²) in [6, 6.07) is 8.15. The van der Waals surface area contributed by atoms with E-state index >= 15 is 0 Å². The zero-order chi connectivity index (χ0) is 27.6. The highest BCUT2D eigenvalue weighted by Gasteiger charge is 2.33. The molecule has 0 radical (unpaired) electrons. The maximum Gasteiger partial charge on any atom is 0.230 e. The first-order chi connectivity index (χ1) is 19.0. The minimum atomic E-state index is -1.54. The number of hydrogen-bond donors (Lipinski definition) is 1. The van der Waals surface area contributed by atoms with Crippen LogP contribution in [0.2, 0.25) is 0 Å². The molecule has 3 aliphatic rings. The molecule has 1 heterocycles. The van der Waals surface area contributed by atoms with Crippen molar-refractivity contribution < 1.29 is 23.6 Å². The summed E-state index contributed by atoms with van der Waals surface area (Å²) in [6.07, 6.45) is 16.0. The molecule has 1 aliphatic heterocycles. The van der Waals surface area contributed by atoms with Crippen LogP contribution in [0, 0.1) is 5.92 Å². The summed E-state index contributed by atoms with van der Waals surface area (Å²) < 4.78 is 26.1. The highest BCUT2D eigenvalue weighted by atomic mass is 32.2. The van der Waals surface area contributed by atoms with Crippen molar-refractivity contribution in [2.24, 2.45) is 10.9 Å². The average molecular weight is 557 g/mol. The number of hydroxylamine groups is 1. The Labute approximate surface area is 236 Å². The average Bonchev–Trinajstić information content (AvgIpc) is 3.45. The highest BCUT2D eigenvalue weighted by Crippen LogP contribution is 2.30. The lowest BCUT2D eigenvalue weighted by molar-refractivity contribution is -0.145. The molecule has 0 spiro atoms. The van der Waals surface area contributed by atoms with Gasteiger partial charge in [-0.25, -0.2) is 4.21 Å². The second-order valence-corrected chi connectivity index (χ2v) is 12.2. The van der Waals surface area contributed by atoms with Crippen molar-refractivity contribution in [1.82, 2.24) is 4.47 Å². The molecule has 4 rings (SSSR count). The van der Waals surface area contributed by atoms with Crippen LogP contribution >= 0.6 is 0 Å². The number of aliphatic imine (C=N–C) groups is 1. The second kappa shape index (κ2) is 14.9. The number of allylic oxidation sites excluding steroid dienone is 4. The third-order valence-corrected chi connectivity index (χ3v) is 9.33. The van der Waals surface area contributed by atoms with E-state index in [1.54, 1.807) is 0 Å². The van der Waals surface area contributed by atoms with Gasteiger partial charge in [-0.1, -0.05) is 56.3 Å². The Kier molecular flexibility index (Phi) is 11.4. The molecule has 214 valence electrons. The van der Waals surface area contributed by atoms with Crippen LogP contribution in [0.5, 0.6) is 0 Å². The Bertz CT molecular complexity index is 1050. The molecule has 0 amide bonds. The van der Waals surface area contributed by atoms with Crippen molar-refractivity contribution >= 4 is 17.7 Å². The van der Waals surface area contributed by atoms with E-state index in [-0.39, 0.29) is 24.7 Å². The SMILES string of the molecule is C=N[C@@H](Cc1ccc(CC[C@H]2C=CCCC2)cc1)[C@H](O)CN(OC(CC)CC)[S@@](=O)C1C=CC2=C(C1)OCO2. The zero-order valence-electron chi connectivity index (χ0n) is 23.4. The zero-order valence-corrected chi connectivity index (χ0v) is 24.2. The van der Waals surface area contributed by atoms with Crippen LogP contribution in [-0.2, 0) is 38.1 Å². The minimum absolute atomic E-state index is 0.0629. The molecule has 7 nitrogen and oxygen atoms in total. The molecule has 1 N–H and O–H groups in total. The number of nitrogens with zero attached hydrogens (tertiary/aromatic N) is 2. The van der Waals surface area contributed by atoms with Gasteiger partial charge in [-0.05, 0) is 81.2 Å². The fraction of sp³-hybridized carbons (Fsp3) is 0.581. The maximum absolute atomic E-state index is 13.7. The summed E-state index contributed by atoms with van der Waals surface area (Å²) in [6.45, 7) is 8.08. The van der Waals surface area contributed by atoms with Crippen molar-refractivity contribution in [2.75, 3.05) is 13.3 Å². The molecule has 1 unspecified atom stereocenters. The molecular weight excluding hydrogens is 512 g/mol. The Morgan fingerprint density at radius 2 is 1.95 bits per heavy atom. The number of rotatable bonds is 15. The van der Waals surface area contributed by atoms with Crippen molar-refractivity contribution in [3.8, 4) is 0 Å². The van der Waals surface area contributed by atoms with Gasteiger partial charge < -0.3 is 14.6 Å². The first-order valence-corrected chi connectivity index (χ1v) is 15.6. The molecule has 2 aliphatic carbocycles. The number of aliphatic hydroxyl groups excluding tert-OH is 1. The van der Waals surface area contributed by atoms with E-state index in [4.69, 9.17) is 14.3 Å². The fourth-order valence-electron chi connectivity index (χ4n) is 5.27. The van der Waals surface area contributed by atoms with Gasteiger partial charge in [0.15, 0.2) is 5.76 Å². The van der Waals surface area contributed by atoms with Gasteiger partial charge in [-0.2, -0.15) is 0 Å². The van der Waals surface area contributed by atoms with Crippen LogP contribution in [0.4, 0.5) is 0 Å². The summed E-state index contributed by atoms with van der Waals surface area (Å²) in [7, 11) is -1.54. The Morgan fingerprint density at radius 3 is 2.64 bits per heavy atom. The topological polar surface area (TPSA) is 80.6 Å². The minimum Gasteiger partial charge on any atom is -0.458 e. The summed E-state index contributed by atoms with van der Waals surface area (Å²) in [4.78, 5) is 10.4. The van der Waals surface area contributed by atoms with Gasteiger partial charge in [0.1, 0.15) is 16.7 Å².